The van der Waals surface area contributed by atoms with Crippen molar-refractivity contribution in [2.75, 3.05) is 0 Å². The fourth-order valence-corrected chi connectivity index (χ4v) is 6.16. The van der Waals surface area contributed by atoms with E-state index in [4.69, 9.17) is 17.3 Å². The Morgan fingerprint density at radius 2 is 2.04 bits per heavy atom. The Bertz CT molecular complexity index is 1260. The smallest absolute Gasteiger partial charge is 0.337 e. The van der Waals surface area contributed by atoms with Gasteiger partial charge in [-0.3, -0.25) is 4.79 Å². The summed E-state index contributed by atoms with van der Waals surface area (Å²) in [7, 11) is -3.75. The van der Waals surface area contributed by atoms with Crippen molar-refractivity contribution in [2.45, 2.75) is 35.4 Å². The molecule has 0 amide bonds. The third-order valence-electron chi connectivity index (χ3n) is 5.10. The topological polar surface area (TPSA) is 146 Å². The summed E-state index contributed by atoms with van der Waals surface area (Å²) in [4.78, 5) is 28.9. The van der Waals surface area contributed by atoms with Gasteiger partial charge in [0.15, 0.2) is 9.84 Å². The van der Waals surface area contributed by atoms with Crippen LogP contribution in [0.5, 0.6) is 0 Å². The Morgan fingerprint density at radius 1 is 1.30 bits per heavy atom. The number of hydrogen-bond donors (Lipinski definition) is 4. The summed E-state index contributed by atoms with van der Waals surface area (Å²) >= 11 is 6.23. The number of aromatic nitrogens is 2. The molecule has 1 aromatic carbocycles. The van der Waals surface area contributed by atoms with Gasteiger partial charge in [-0.2, -0.15) is 0 Å². The summed E-state index contributed by atoms with van der Waals surface area (Å²) in [5.41, 5.74) is 5.55. The van der Waals surface area contributed by atoms with Crippen molar-refractivity contribution in [3.8, 4) is 0 Å². The zero-order valence-corrected chi connectivity index (χ0v) is 15.5. The number of fused-ring (bicyclic) bond motifs is 3. The molecule has 2 aromatic heterocycles. The summed E-state index contributed by atoms with van der Waals surface area (Å²) in [6, 6.07) is 2.52. The Balaban J connectivity index is 2.04. The highest BCUT2D eigenvalue weighted by Gasteiger charge is 2.35. The molecule has 1 unspecified atom stereocenters. The number of nitrogens with one attached hydrogen (secondary N) is 2. The van der Waals surface area contributed by atoms with E-state index in [1.807, 2.05) is 0 Å². The maximum absolute atomic E-state index is 13.1. The van der Waals surface area contributed by atoms with Crippen LogP contribution >= 0.6 is 11.6 Å². The molecule has 0 radical (unpaired) electrons. The molecule has 1 fully saturated rings. The number of aromatic amines is 2. The second kappa shape index (κ2) is 6.08. The number of carbonyl (C=O) groups is 1. The van der Waals surface area contributed by atoms with Crippen LogP contribution in [0.2, 0.25) is 5.02 Å². The molecular weight excluding hydrogens is 394 g/mol. The van der Waals surface area contributed by atoms with Gasteiger partial charge < -0.3 is 20.8 Å². The average molecular weight is 410 g/mol. The fourth-order valence-electron chi connectivity index (χ4n) is 3.75. The summed E-state index contributed by atoms with van der Waals surface area (Å²) in [6.07, 6.45) is 2.62. The first-order valence-electron chi connectivity index (χ1n) is 8.29. The van der Waals surface area contributed by atoms with E-state index in [1.54, 1.807) is 0 Å². The van der Waals surface area contributed by atoms with Crippen molar-refractivity contribution >= 4 is 49.2 Å². The molecule has 2 atom stereocenters. The van der Waals surface area contributed by atoms with Gasteiger partial charge in [-0.25, -0.2) is 13.2 Å². The number of halogens is 1. The van der Waals surface area contributed by atoms with Gasteiger partial charge >= 0.3 is 5.97 Å². The zero-order chi connectivity index (χ0) is 19.5. The number of nitrogens with two attached hydrogens (primary N) is 1. The number of pyridine rings is 1. The van der Waals surface area contributed by atoms with Crippen molar-refractivity contribution in [1.82, 2.24) is 9.97 Å². The van der Waals surface area contributed by atoms with E-state index in [2.05, 4.69) is 9.97 Å². The Morgan fingerprint density at radius 3 is 2.67 bits per heavy atom. The molecule has 142 valence electrons. The van der Waals surface area contributed by atoms with Crippen molar-refractivity contribution in [1.29, 1.82) is 0 Å². The van der Waals surface area contributed by atoms with E-state index in [9.17, 15) is 23.1 Å². The molecule has 2 heterocycles. The van der Waals surface area contributed by atoms with Gasteiger partial charge in [0, 0.05) is 23.0 Å². The zero-order valence-electron chi connectivity index (χ0n) is 14.0. The highest BCUT2D eigenvalue weighted by atomic mass is 35.5. The van der Waals surface area contributed by atoms with E-state index in [0.29, 0.717) is 24.6 Å². The van der Waals surface area contributed by atoms with E-state index in [1.165, 1.54) is 18.3 Å². The number of hydrogen-bond acceptors (Lipinski definition) is 5. The van der Waals surface area contributed by atoms with Crippen LogP contribution in [0.15, 0.2) is 28.0 Å². The molecule has 10 heteroatoms. The number of H-pyrrole nitrogens is 2. The molecule has 0 aliphatic heterocycles. The third kappa shape index (κ3) is 2.73. The van der Waals surface area contributed by atoms with Gasteiger partial charge in [0.2, 0.25) is 0 Å². The lowest BCUT2D eigenvalue weighted by atomic mass is 10.1. The van der Waals surface area contributed by atoms with Crippen molar-refractivity contribution in [2.24, 2.45) is 5.73 Å². The number of carboxylic acid groups (broad SMARTS) is 1. The summed E-state index contributed by atoms with van der Waals surface area (Å²) in [5, 5.41) is 9.21. The lowest BCUT2D eigenvalue weighted by Gasteiger charge is -2.14. The van der Waals surface area contributed by atoms with Crippen LogP contribution in [0.1, 0.15) is 29.6 Å². The van der Waals surface area contributed by atoms with Crippen LogP contribution in [0.4, 0.5) is 0 Å². The standard InChI is InChI=1S/C17H16ClN3O5S/c18-11-5-12-9(4-13(11)27(25,26)8-2-1-7(19)3-8)14-10(17(23)24)6-20-15(14)16(22)21-12/h4-8,20H,1-3,19H2,(H,21,22)(H,23,24)/t7?,8-/m0/s1. The van der Waals surface area contributed by atoms with Crippen LogP contribution < -0.4 is 11.3 Å². The molecule has 27 heavy (non-hydrogen) atoms. The molecule has 1 aliphatic rings. The third-order valence-corrected chi connectivity index (χ3v) is 7.78. The highest BCUT2D eigenvalue weighted by Crippen LogP contribution is 2.36. The first kappa shape index (κ1) is 18.0. The van der Waals surface area contributed by atoms with Crippen LogP contribution in [-0.4, -0.2) is 40.8 Å². The SMILES string of the molecule is NC1CC[C@H](S(=O)(=O)c2cc3c(cc2Cl)[nH]c(=O)c2[nH]cc(C(=O)O)c23)C1. The number of carboxylic acids is 1. The lowest BCUT2D eigenvalue weighted by Crippen LogP contribution is -2.22. The number of sulfone groups is 1. The van der Waals surface area contributed by atoms with Gasteiger partial charge in [-0.1, -0.05) is 11.6 Å². The second-order valence-corrected chi connectivity index (χ2v) is 9.38. The Labute approximate surface area is 158 Å². The number of benzene rings is 1. The summed E-state index contributed by atoms with van der Waals surface area (Å²) in [6.45, 7) is 0. The molecule has 0 saturated heterocycles. The maximum atomic E-state index is 13.1. The minimum atomic E-state index is -3.75. The van der Waals surface area contributed by atoms with Crippen LogP contribution in [-0.2, 0) is 9.84 Å². The van der Waals surface area contributed by atoms with Crippen molar-refractivity contribution < 1.29 is 18.3 Å². The molecule has 0 spiro atoms. The quantitative estimate of drug-likeness (QED) is 0.520. The van der Waals surface area contributed by atoms with Crippen molar-refractivity contribution in [3.05, 3.63) is 39.3 Å². The van der Waals surface area contributed by atoms with Crippen LogP contribution in [0, 0.1) is 0 Å². The lowest BCUT2D eigenvalue weighted by molar-refractivity contribution is 0.0699. The molecule has 3 aromatic rings. The highest BCUT2D eigenvalue weighted by molar-refractivity contribution is 7.92. The first-order valence-corrected chi connectivity index (χ1v) is 10.2. The number of aromatic carboxylic acids is 1. The predicted molar refractivity (Wildman–Crippen MR) is 101 cm³/mol. The minimum absolute atomic E-state index is 0.0228. The van der Waals surface area contributed by atoms with Crippen LogP contribution in [0.3, 0.4) is 0 Å². The largest absolute Gasteiger partial charge is 0.478 e. The van der Waals surface area contributed by atoms with Crippen molar-refractivity contribution in [3.63, 3.8) is 0 Å². The van der Waals surface area contributed by atoms with E-state index >= 15 is 0 Å². The first-order chi connectivity index (χ1) is 12.7. The average Bonchev–Trinajstić information content (AvgIpc) is 3.21. The minimum Gasteiger partial charge on any atom is -0.478 e. The molecule has 8 nitrogen and oxygen atoms in total. The predicted octanol–water partition coefficient (Wildman–Crippen LogP) is 2.01. The molecule has 4 rings (SSSR count). The number of rotatable bonds is 3. The second-order valence-electron chi connectivity index (χ2n) is 6.78. The summed E-state index contributed by atoms with van der Waals surface area (Å²) in [5.74, 6) is -1.23. The van der Waals surface area contributed by atoms with Crippen LogP contribution in [0.25, 0.3) is 21.8 Å². The van der Waals surface area contributed by atoms with Gasteiger partial charge in [0.25, 0.3) is 5.56 Å². The monoisotopic (exact) mass is 409 g/mol. The van der Waals surface area contributed by atoms with Gasteiger partial charge in [-0.15, -0.1) is 0 Å². The maximum Gasteiger partial charge on any atom is 0.337 e. The molecule has 5 N–H and O–H groups in total. The molecular formula is C17H16ClN3O5S. The van der Waals surface area contributed by atoms with E-state index in [-0.39, 0.29) is 37.9 Å². The Kier molecular flexibility index (Phi) is 4.06. The fraction of sp³-hybridized carbons (Fsp3) is 0.294. The van der Waals surface area contributed by atoms with E-state index in [0.717, 1.165) is 0 Å². The van der Waals surface area contributed by atoms with E-state index < -0.39 is 26.6 Å². The van der Waals surface area contributed by atoms with Gasteiger partial charge in [-0.05, 0) is 31.4 Å². The molecule has 1 aliphatic carbocycles. The van der Waals surface area contributed by atoms with Gasteiger partial charge in [0.1, 0.15) is 5.52 Å². The molecule has 0 bridgehead atoms. The van der Waals surface area contributed by atoms with Gasteiger partial charge in [0.05, 0.1) is 26.2 Å². The molecule has 1 saturated carbocycles. The normalized spacial score (nSPS) is 20.5. The summed E-state index contributed by atoms with van der Waals surface area (Å²) < 4.78 is 26.1. The Hall–Kier alpha value is -2.36.